The van der Waals surface area contributed by atoms with E-state index in [-0.39, 0.29) is 5.97 Å². The van der Waals surface area contributed by atoms with E-state index in [2.05, 4.69) is 11.2 Å². The first-order valence-corrected chi connectivity index (χ1v) is 6.55. The largest absolute Gasteiger partial charge is 0.496 e. The summed E-state index contributed by atoms with van der Waals surface area (Å²) in [5.74, 6) is 2.91. The molecular formula is C16H21NO3. The van der Waals surface area contributed by atoms with Crippen molar-refractivity contribution in [3.63, 3.8) is 0 Å². The fraction of sp³-hybridized carbons (Fsp3) is 0.438. The Morgan fingerprint density at radius 3 is 2.75 bits per heavy atom. The van der Waals surface area contributed by atoms with E-state index in [4.69, 9.17) is 15.9 Å². The van der Waals surface area contributed by atoms with E-state index < -0.39 is 5.54 Å². The minimum Gasteiger partial charge on any atom is -0.496 e. The van der Waals surface area contributed by atoms with E-state index in [1.807, 2.05) is 24.3 Å². The standard InChI is InChI=1S/C16H21NO3/c1-5-11-17-16(3,15(18)20-6-2)12-13-9-7-8-10-14(13)19-4/h1,7-10,17H,6,11-12H2,2-4H3. The Kier molecular flexibility index (Phi) is 6.08. The predicted molar refractivity (Wildman–Crippen MR) is 78.6 cm³/mol. The number of carbonyl (C=O) groups is 1. The molecule has 0 aliphatic carbocycles. The molecule has 1 aromatic carbocycles. The summed E-state index contributed by atoms with van der Waals surface area (Å²) in [5, 5.41) is 3.06. The highest BCUT2D eigenvalue weighted by molar-refractivity contribution is 5.81. The first-order chi connectivity index (χ1) is 9.57. The van der Waals surface area contributed by atoms with Gasteiger partial charge in [-0.2, -0.15) is 0 Å². The molecule has 108 valence electrons. The van der Waals surface area contributed by atoms with Crippen LogP contribution in [0, 0.1) is 12.3 Å². The molecular weight excluding hydrogens is 254 g/mol. The van der Waals surface area contributed by atoms with Crippen molar-refractivity contribution in [2.24, 2.45) is 0 Å². The smallest absolute Gasteiger partial charge is 0.326 e. The van der Waals surface area contributed by atoms with Gasteiger partial charge in [-0.15, -0.1) is 6.42 Å². The number of ether oxygens (including phenoxy) is 2. The summed E-state index contributed by atoms with van der Waals surface area (Å²) in [6.45, 7) is 4.19. The van der Waals surface area contributed by atoms with Gasteiger partial charge < -0.3 is 9.47 Å². The molecule has 0 saturated heterocycles. The molecule has 0 spiro atoms. The maximum atomic E-state index is 12.2. The third-order valence-electron chi connectivity index (χ3n) is 3.04. The van der Waals surface area contributed by atoms with E-state index in [0.29, 0.717) is 19.6 Å². The van der Waals surface area contributed by atoms with Crippen LogP contribution in [-0.2, 0) is 16.0 Å². The van der Waals surface area contributed by atoms with Crippen LogP contribution in [0.3, 0.4) is 0 Å². The summed E-state index contributed by atoms with van der Waals surface area (Å²) in [6, 6.07) is 7.58. The summed E-state index contributed by atoms with van der Waals surface area (Å²) < 4.78 is 10.5. The fourth-order valence-electron chi connectivity index (χ4n) is 1.97. The van der Waals surface area contributed by atoms with Crippen LogP contribution in [0.15, 0.2) is 24.3 Å². The van der Waals surface area contributed by atoms with Crippen LogP contribution in [0.25, 0.3) is 0 Å². The van der Waals surface area contributed by atoms with Crippen LogP contribution in [0.2, 0.25) is 0 Å². The molecule has 0 saturated carbocycles. The van der Waals surface area contributed by atoms with Gasteiger partial charge in [-0.1, -0.05) is 24.1 Å². The SMILES string of the molecule is C#CCNC(C)(Cc1ccccc1OC)C(=O)OCC. The van der Waals surface area contributed by atoms with Gasteiger partial charge in [0.25, 0.3) is 0 Å². The Morgan fingerprint density at radius 1 is 1.45 bits per heavy atom. The van der Waals surface area contributed by atoms with Crippen molar-refractivity contribution in [1.29, 1.82) is 0 Å². The van der Waals surface area contributed by atoms with Crippen molar-refractivity contribution >= 4 is 5.97 Å². The fourth-order valence-corrected chi connectivity index (χ4v) is 1.97. The predicted octanol–water partition coefficient (Wildman–Crippen LogP) is 1.78. The quantitative estimate of drug-likeness (QED) is 0.609. The van der Waals surface area contributed by atoms with Crippen LogP contribution in [0.1, 0.15) is 19.4 Å². The average Bonchev–Trinajstić information content (AvgIpc) is 2.46. The summed E-state index contributed by atoms with van der Waals surface area (Å²) in [7, 11) is 1.61. The van der Waals surface area contributed by atoms with Gasteiger partial charge in [0.05, 0.1) is 20.3 Å². The first kappa shape index (κ1) is 16.1. The molecule has 1 atom stereocenters. The topological polar surface area (TPSA) is 47.6 Å². The number of benzene rings is 1. The summed E-state index contributed by atoms with van der Waals surface area (Å²) in [4.78, 5) is 12.2. The Labute approximate surface area is 120 Å². The van der Waals surface area contributed by atoms with E-state index in [1.54, 1.807) is 21.0 Å². The highest BCUT2D eigenvalue weighted by Crippen LogP contribution is 2.23. The highest BCUT2D eigenvalue weighted by atomic mass is 16.5. The van der Waals surface area contributed by atoms with Crippen molar-refractivity contribution in [3.05, 3.63) is 29.8 Å². The molecule has 0 heterocycles. The molecule has 1 aromatic rings. The first-order valence-electron chi connectivity index (χ1n) is 6.55. The number of nitrogens with one attached hydrogen (secondary N) is 1. The van der Waals surface area contributed by atoms with Gasteiger partial charge in [0, 0.05) is 6.42 Å². The number of methoxy groups -OCH3 is 1. The maximum absolute atomic E-state index is 12.2. The van der Waals surface area contributed by atoms with Crippen molar-refractivity contribution in [2.75, 3.05) is 20.3 Å². The molecule has 4 heteroatoms. The lowest BCUT2D eigenvalue weighted by atomic mass is 9.92. The van der Waals surface area contributed by atoms with E-state index in [0.717, 1.165) is 11.3 Å². The summed E-state index contributed by atoms with van der Waals surface area (Å²) in [6.07, 6.45) is 5.71. The Balaban J connectivity index is 3.00. The van der Waals surface area contributed by atoms with Crippen LogP contribution in [0.5, 0.6) is 5.75 Å². The molecule has 0 aliphatic rings. The molecule has 1 rings (SSSR count). The van der Waals surface area contributed by atoms with Crippen molar-refractivity contribution in [2.45, 2.75) is 25.8 Å². The number of terminal acetylenes is 1. The molecule has 0 radical (unpaired) electrons. The van der Waals surface area contributed by atoms with Gasteiger partial charge >= 0.3 is 5.97 Å². The number of hydrogen-bond donors (Lipinski definition) is 1. The highest BCUT2D eigenvalue weighted by Gasteiger charge is 2.35. The lowest BCUT2D eigenvalue weighted by Crippen LogP contribution is -2.52. The Hall–Kier alpha value is -1.99. The number of hydrogen-bond acceptors (Lipinski definition) is 4. The molecule has 4 nitrogen and oxygen atoms in total. The zero-order valence-electron chi connectivity index (χ0n) is 12.2. The molecule has 0 bridgehead atoms. The van der Waals surface area contributed by atoms with E-state index in [9.17, 15) is 4.79 Å². The van der Waals surface area contributed by atoms with Gasteiger partial charge in [0.2, 0.25) is 0 Å². The number of rotatable bonds is 7. The lowest BCUT2D eigenvalue weighted by molar-refractivity contribution is -0.150. The molecule has 0 aromatic heterocycles. The van der Waals surface area contributed by atoms with Crippen LogP contribution < -0.4 is 10.1 Å². The molecule has 1 N–H and O–H groups in total. The minimum absolute atomic E-state index is 0.296. The average molecular weight is 275 g/mol. The van der Waals surface area contributed by atoms with Crippen LogP contribution in [-0.4, -0.2) is 31.8 Å². The zero-order chi connectivity index (χ0) is 15.0. The normalized spacial score (nSPS) is 13.1. The molecule has 0 amide bonds. The van der Waals surface area contributed by atoms with Gasteiger partial charge in [-0.25, -0.2) is 0 Å². The number of carbonyl (C=O) groups excluding carboxylic acids is 1. The van der Waals surface area contributed by atoms with E-state index >= 15 is 0 Å². The second-order valence-electron chi connectivity index (χ2n) is 4.60. The molecule has 0 aliphatic heterocycles. The number of para-hydroxylation sites is 1. The van der Waals surface area contributed by atoms with Gasteiger partial charge in [-0.3, -0.25) is 10.1 Å². The van der Waals surface area contributed by atoms with Crippen molar-refractivity contribution < 1.29 is 14.3 Å². The van der Waals surface area contributed by atoms with Gasteiger partial charge in [0.1, 0.15) is 11.3 Å². The Bertz CT molecular complexity index is 493. The lowest BCUT2D eigenvalue weighted by Gasteiger charge is -2.28. The maximum Gasteiger partial charge on any atom is 0.326 e. The van der Waals surface area contributed by atoms with Crippen LogP contribution in [0.4, 0.5) is 0 Å². The zero-order valence-corrected chi connectivity index (χ0v) is 12.2. The van der Waals surface area contributed by atoms with Crippen LogP contribution >= 0.6 is 0 Å². The third-order valence-corrected chi connectivity index (χ3v) is 3.04. The summed E-state index contributed by atoms with van der Waals surface area (Å²) >= 11 is 0. The third kappa shape index (κ3) is 4.01. The van der Waals surface area contributed by atoms with E-state index in [1.165, 1.54) is 0 Å². The molecule has 1 unspecified atom stereocenters. The monoisotopic (exact) mass is 275 g/mol. The Morgan fingerprint density at radius 2 is 2.15 bits per heavy atom. The number of esters is 1. The van der Waals surface area contributed by atoms with Crippen molar-refractivity contribution in [1.82, 2.24) is 5.32 Å². The molecule has 20 heavy (non-hydrogen) atoms. The second kappa shape index (κ2) is 7.56. The second-order valence-corrected chi connectivity index (χ2v) is 4.60. The van der Waals surface area contributed by atoms with Gasteiger partial charge in [0.15, 0.2) is 0 Å². The molecule has 0 fully saturated rings. The van der Waals surface area contributed by atoms with Crippen molar-refractivity contribution in [3.8, 4) is 18.1 Å². The van der Waals surface area contributed by atoms with Gasteiger partial charge in [-0.05, 0) is 25.5 Å². The minimum atomic E-state index is -0.878. The summed E-state index contributed by atoms with van der Waals surface area (Å²) in [5.41, 5.74) is 0.0480.